The lowest BCUT2D eigenvalue weighted by molar-refractivity contribution is -0.380. The van der Waals surface area contributed by atoms with Crippen LogP contribution in [0.1, 0.15) is 23.0 Å². The summed E-state index contributed by atoms with van der Waals surface area (Å²) in [6.07, 6.45) is 4.90. The lowest BCUT2D eigenvalue weighted by Gasteiger charge is -2.04. The highest BCUT2D eigenvalue weighted by atomic mass is 16.5. The van der Waals surface area contributed by atoms with E-state index in [1.165, 1.54) is 6.08 Å². The van der Waals surface area contributed by atoms with Gasteiger partial charge in [-0.1, -0.05) is 0 Å². The fourth-order valence-corrected chi connectivity index (χ4v) is 1.76. The number of aromatic amines is 1. The van der Waals surface area contributed by atoms with E-state index in [-0.39, 0.29) is 11.9 Å². The molecule has 0 aliphatic carbocycles. The van der Waals surface area contributed by atoms with Crippen LogP contribution in [0, 0.1) is 0 Å². The highest BCUT2D eigenvalue weighted by Gasteiger charge is 2.06. The van der Waals surface area contributed by atoms with Crippen LogP contribution in [-0.2, 0) is 9.53 Å². The third-order valence-corrected chi connectivity index (χ3v) is 2.81. The van der Waals surface area contributed by atoms with Gasteiger partial charge in [0.1, 0.15) is 0 Å². The first kappa shape index (κ1) is 15.4. The number of pyridine rings is 1. The Morgan fingerprint density at radius 2 is 1.95 bits per heavy atom. The zero-order chi connectivity index (χ0) is 15.8. The van der Waals surface area contributed by atoms with Crippen molar-refractivity contribution in [3.8, 4) is 0 Å². The van der Waals surface area contributed by atoms with Crippen LogP contribution in [0.3, 0.4) is 0 Å². The highest BCUT2D eigenvalue weighted by Crippen LogP contribution is 2.10. The number of nitrogens with one attached hydrogen (secondary N) is 2. The van der Waals surface area contributed by atoms with E-state index in [0.717, 1.165) is 5.69 Å². The lowest BCUT2D eigenvalue weighted by Crippen LogP contribution is -2.10. The predicted molar refractivity (Wildman–Crippen MR) is 83.1 cm³/mol. The second-order valence-electron chi connectivity index (χ2n) is 4.44. The van der Waals surface area contributed by atoms with Gasteiger partial charge in [0.15, 0.2) is 6.20 Å². The maximum Gasteiger partial charge on any atom is 0.338 e. The zero-order valence-electron chi connectivity index (χ0n) is 12.2. The fourth-order valence-electron chi connectivity index (χ4n) is 1.76. The number of rotatable bonds is 5. The van der Waals surface area contributed by atoms with Crippen LogP contribution in [0.2, 0.25) is 0 Å². The Morgan fingerprint density at radius 3 is 2.59 bits per heavy atom. The summed E-state index contributed by atoms with van der Waals surface area (Å²) in [6, 6.07) is 12.1. The van der Waals surface area contributed by atoms with Crippen molar-refractivity contribution in [2.75, 3.05) is 11.9 Å². The molecule has 112 valence electrons. The van der Waals surface area contributed by atoms with Gasteiger partial charge in [0.2, 0.25) is 11.6 Å². The Morgan fingerprint density at radius 1 is 1.18 bits per heavy atom. The van der Waals surface area contributed by atoms with Gasteiger partial charge in [-0.2, -0.15) is 0 Å². The number of carbonyl (C=O) groups is 2. The summed E-state index contributed by atoms with van der Waals surface area (Å²) in [4.78, 5) is 26.3. The van der Waals surface area contributed by atoms with Crippen molar-refractivity contribution in [2.45, 2.75) is 6.92 Å². The molecular formula is C17H17N2O3+. The molecular weight excluding hydrogens is 280 g/mol. The quantitative estimate of drug-likeness (QED) is 0.680. The molecule has 0 fully saturated rings. The largest absolute Gasteiger partial charge is 0.462 e. The smallest absolute Gasteiger partial charge is 0.338 e. The molecule has 0 radical (unpaired) electrons. The molecule has 0 saturated carbocycles. The number of hydrogen-bond donors (Lipinski definition) is 1. The minimum Gasteiger partial charge on any atom is -0.462 e. The Balaban J connectivity index is 1.94. The number of carbonyl (C=O) groups excluding carboxylic acids is 2. The standard InChI is InChI=1S/C17H16N2O3/c1-2-22-17(21)13-6-8-15(9-7-13)19-16(20)11-10-14-5-3-4-12-18-14/h3-12H,2H2,1H3,(H,19,20)/p+1. The summed E-state index contributed by atoms with van der Waals surface area (Å²) in [6.45, 7) is 2.08. The number of esters is 1. The van der Waals surface area contributed by atoms with Crippen LogP contribution in [0.4, 0.5) is 5.69 Å². The van der Waals surface area contributed by atoms with Gasteiger partial charge < -0.3 is 10.1 Å². The molecule has 2 N–H and O–H groups in total. The average molecular weight is 297 g/mol. The first-order valence-corrected chi connectivity index (χ1v) is 6.92. The van der Waals surface area contributed by atoms with Crippen molar-refractivity contribution in [3.63, 3.8) is 0 Å². The van der Waals surface area contributed by atoms with Crippen molar-refractivity contribution < 1.29 is 19.3 Å². The topological polar surface area (TPSA) is 69.5 Å². The molecule has 0 aliphatic heterocycles. The van der Waals surface area contributed by atoms with Gasteiger partial charge >= 0.3 is 5.97 Å². The number of H-pyrrole nitrogens is 1. The van der Waals surface area contributed by atoms with E-state index in [4.69, 9.17) is 4.74 Å². The van der Waals surface area contributed by atoms with Gasteiger partial charge in [0.05, 0.1) is 12.2 Å². The van der Waals surface area contributed by atoms with Crippen LogP contribution >= 0.6 is 0 Å². The third-order valence-electron chi connectivity index (χ3n) is 2.81. The predicted octanol–water partition coefficient (Wildman–Crippen LogP) is 2.33. The van der Waals surface area contributed by atoms with Crippen LogP contribution < -0.4 is 10.3 Å². The van der Waals surface area contributed by atoms with E-state index in [2.05, 4.69) is 10.3 Å². The Labute approximate surface area is 128 Å². The molecule has 0 unspecified atom stereocenters. The number of aromatic nitrogens is 1. The highest BCUT2D eigenvalue weighted by molar-refractivity contribution is 6.02. The number of ether oxygens (including phenoxy) is 1. The van der Waals surface area contributed by atoms with E-state index in [1.807, 2.05) is 18.2 Å². The van der Waals surface area contributed by atoms with Gasteiger partial charge in [-0.25, -0.2) is 9.78 Å². The van der Waals surface area contributed by atoms with E-state index >= 15 is 0 Å². The minimum absolute atomic E-state index is 0.249. The number of amides is 1. The summed E-state index contributed by atoms with van der Waals surface area (Å²) in [7, 11) is 0. The second-order valence-corrected chi connectivity index (χ2v) is 4.44. The first-order chi connectivity index (χ1) is 10.7. The van der Waals surface area contributed by atoms with Gasteiger partial charge in [0, 0.05) is 30.0 Å². The lowest BCUT2D eigenvalue weighted by atomic mass is 10.2. The molecule has 0 spiro atoms. The molecule has 5 heteroatoms. The molecule has 0 atom stereocenters. The van der Waals surface area contributed by atoms with Gasteiger partial charge in [-0.15, -0.1) is 0 Å². The summed E-state index contributed by atoms with van der Waals surface area (Å²) in [5.41, 5.74) is 1.89. The molecule has 1 aromatic heterocycles. The first-order valence-electron chi connectivity index (χ1n) is 6.92. The van der Waals surface area contributed by atoms with Crippen molar-refractivity contribution in [2.24, 2.45) is 0 Å². The van der Waals surface area contributed by atoms with Crippen LogP contribution in [0.15, 0.2) is 54.7 Å². The van der Waals surface area contributed by atoms with Crippen molar-refractivity contribution in [1.29, 1.82) is 0 Å². The van der Waals surface area contributed by atoms with Crippen molar-refractivity contribution >= 4 is 23.6 Å². The molecule has 0 saturated heterocycles. The fraction of sp³-hybridized carbons (Fsp3) is 0.118. The molecule has 5 nitrogen and oxygen atoms in total. The van der Waals surface area contributed by atoms with Crippen LogP contribution in [0.5, 0.6) is 0 Å². The Kier molecular flexibility index (Phi) is 5.43. The number of hydrogen-bond acceptors (Lipinski definition) is 3. The molecule has 1 aromatic carbocycles. The summed E-state index contributed by atoms with van der Waals surface area (Å²) < 4.78 is 4.90. The van der Waals surface area contributed by atoms with E-state index < -0.39 is 0 Å². The molecule has 2 aromatic rings. The van der Waals surface area contributed by atoms with Gasteiger partial charge in [-0.3, -0.25) is 4.79 Å². The van der Waals surface area contributed by atoms with Crippen molar-refractivity contribution in [3.05, 3.63) is 66.0 Å². The number of benzene rings is 1. The van der Waals surface area contributed by atoms with Gasteiger partial charge in [0.25, 0.3) is 0 Å². The third kappa shape index (κ3) is 4.56. The van der Waals surface area contributed by atoms with E-state index in [1.54, 1.807) is 43.5 Å². The number of anilines is 1. The monoisotopic (exact) mass is 297 g/mol. The maximum atomic E-state index is 11.8. The molecule has 1 amide bonds. The summed E-state index contributed by atoms with van der Waals surface area (Å²) in [5.74, 6) is -0.624. The normalized spacial score (nSPS) is 10.4. The Bertz CT molecular complexity index is 664. The molecule has 1 heterocycles. The summed E-state index contributed by atoms with van der Waals surface area (Å²) in [5, 5.41) is 2.72. The van der Waals surface area contributed by atoms with E-state index in [9.17, 15) is 9.59 Å². The van der Waals surface area contributed by atoms with Gasteiger partial charge in [-0.05, 0) is 37.3 Å². The zero-order valence-corrected chi connectivity index (χ0v) is 12.2. The Hall–Kier alpha value is -2.95. The molecule has 22 heavy (non-hydrogen) atoms. The second kappa shape index (κ2) is 7.73. The average Bonchev–Trinajstić information content (AvgIpc) is 2.55. The molecule has 2 rings (SSSR count). The minimum atomic E-state index is -0.375. The maximum absolute atomic E-state index is 11.8. The molecule has 0 aliphatic rings. The van der Waals surface area contributed by atoms with Crippen molar-refractivity contribution in [1.82, 2.24) is 0 Å². The van der Waals surface area contributed by atoms with Crippen LogP contribution in [-0.4, -0.2) is 18.5 Å². The van der Waals surface area contributed by atoms with E-state index in [0.29, 0.717) is 17.9 Å². The SMILES string of the molecule is CCOC(=O)c1ccc(NC(=O)C=Cc2cccc[nH+]2)cc1. The molecule has 0 bridgehead atoms. The summed E-state index contributed by atoms with van der Waals surface area (Å²) >= 11 is 0. The van der Waals surface area contributed by atoms with Crippen LogP contribution in [0.25, 0.3) is 6.08 Å².